The number of methoxy groups -OCH3 is 1. The van der Waals surface area contributed by atoms with Crippen molar-refractivity contribution >= 4 is 11.9 Å². The zero-order chi connectivity index (χ0) is 16.9. The molecule has 0 heterocycles. The molecule has 0 aromatic heterocycles. The highest BCUT2D eigenvalue weighted by Crippen LogP contribution is 2.15. The lowest BCUT2D eigenvalue weighted by atomic mass is 10.1. The van der Waals surface area contributed by atoms with Crippen LogP contribution in [0.15, 0.2) is 24.3 Å². The van der Waals surface area contributed by atoms with Crippen molar-refractivity contribution in [2.75, 3.05) is 7.11 Å². The van der Waals surface area contributed by atoms with Gasteiger partial charge in [0.05, 0.1) is 12.7 Å². The highest BCUT2D eigenvalue weighted by Gasteiger charge is 2.07. The van der Waals surface area contributed by atoms with Crippen LogP contribution < -0.4 is 4.74 Å². The first-order valence-corrected chi connectivity index (χ1v) is 8.56. The minimum atomic E-state index is -0.401. The molecule has 4 heteroatoms. The zero-order valence-corrected chi connectivity index (χ0v) is 14.3. The summed E-state index contributed by atoms with van der Waals surface area (Å²) in [5.41, 5.74) is 0.440. The molecule has 0 atom stereocenters. The highest BCUT2D eigenvalue weighted by atomic mass is 16.5. The summed E-state index contributed by atoms with van der Waals surface area (Å²) in [4.78, 5) is 23.1. The van der Waals surface area contributed by atoms with Crippen molar-refractivity contribution in [3.8, 4) is 5.75 Å². The van der Waals surface area contributed by atoms with Crippen LogP contribution in [0.25, 0.3) is 0 Å². The Balaban J connectivity index is 2.15. The zero-order valence-electron chi connectivity index (χ0n) is 14.3. The summed E-state index contributed by atoms with van der Waals surface area (Å²) >= 11 is 0. The number of hydrogen-bond acceptors (Lipinski definition) is 4. The largest absolute Gasteiger partial charge is 0.465 e. The summed E-state index contributed by atoms with van der Waals surface area (Å²) in [5, 5.41) is 0. The summed E-state index contributed by atoms with van der Waals surface area (Å²) in [5.74, 6) is -0.161. The lowest BCUT2D eigenvalue weighted by Crippen LogP contribution is -2.08. The molecule has 23 heavy (non-hydrogen) atoms. The van der Waals surface area contributed by atoms with Gasteiger partial charge >= 0.3 is 11.9 Å². The quantitative estimate of drug-likeness (QED) is 0.330. The third-order valence-corrected chi connectivity index (χ3v) is 3.74. The fourth-order valence-corrected chi connectivity index (χ4v) is 2.36. The molecule has 0 fully saturated rings. The topological polar surface area (TPSA) is 52.6 Å². The van der Waals surface area contributed by atoms with Crippen molar-refractivity contribution in [1.82, 2.24) is 0 Å². The summed E-state index contributed by atoms with van der Waals surface area (Å²) in [6.07, 6.45) is 10.0. The van der Waals surface area contributed by atoms with Gasteiger partial charge in [0, 0.05) is 6.42 Å². The van der Waals surface area contributed by atoms with Crippen molar-refractivity contribution in [3.63, 3.8) is 0 Å². The number of ether oxygens (including phenoxy) is 2. The Morgan fingerprint density at radius 2 is 1.43 bits per heavy atom. The van der Waals surface area contributed by atoms with Gasteiger partial charge in [-0.3, -0.25) is 4.79 Å². The van der Waals surface area contributed by atoms with Crippen molar-refractivity contribution < 1.29 is 19.1 Å². The van der Waals surface area contributed by atoms with E-state index < -0.39 is 5.97 Å². The average molecular weight is 320 g/mol. The van der Waals surface area contributed by atoms with Crippen LogP contribution in [0.2, 0.25) is 0 Å². The SMILES string of the molecule is CCCCCCCCCCC(=O)Oc1ccc(C(=O)OC)cc1. The molecule has 0 aliphatic rings. The van der Waals surface area contributed by atoms with Gasteiger partial charge in [-0.15, -0.1) is 0 Å². The Hall–Kier alpha value is -1.84. The number of hydrogen-bond donors (Lipinski definition) is 0. The van der Waals surface area contributed by atoms with Crippen LogP contribution >= 0.6 is 0 Å². The molecular formula is C19H28O4. The van der Waals surface area contributed by atoms with Gasteiger partial charge in [-0.05, 0) is 30.7 Å². The molecule has 1 rings (SSSR count). The number of esters is 2. The molecule has 0 amide bonds. The maximum absolute atomic E-state index is 11.7. The third-order valence-electron chi connectivity index (χ3n) is 3.74. The molecule has 0 aliphatic carbocycles. The molecule has 0 saturated heterocycles. The second-order valence-electron chi connectivity index (χ2n) is 5.71. The van der Waals surface area contributed by atoms with E-state index in [0.717, 1.165) is 12.8 Å². The minimum absolute atomic E-state index is 0.221. The normalized spacial score (nSPS) is 10.3. The molecule has 0 saturated carbocycles. The minimum Gasteiger partial charge on any atom is -0.465 e. The Labute approximate surface area is 139 Å². The van der Waals surface area contributed by atoms with Crippen molar-refractivity contribution in [1.29, 1.82) is 0 Å². The van der Waals surface area contributed by atoms with E-state index in [1.807, 2.05) is 0 Å². The van der Waals surface area contributed by atoms with E-state index in [0.29, 0.717) is 17.7 Å². The Bertz CT molecular complexity index is 465. The van der Waals surface area contributed by atoms with E-state index in [2.05, 4.69) is 11.7 Å². The molecule has 1 aromatic rings. The number of benzene rings is 1. The second kappa shape index (κ2) is 11.7. The molecule has 1 aromatic carbocycles. The first kappa shape index (κ1) is 19.2. The van der Waals surface area contributed by atoms with Gasteiger partial charge in [-0.1, -0.05) is 51.9 Å². The molecule has 128 valence electrons. The van der Waals surface area contributed by atoms with Gasteiger partial charge in [0.1, 0.15) is 5.75 Å². The molecule has 4 nitrogen and oxygen atoms in total. The number of carbonyl (C=O) groups excluding carboxylic acids is 2. The summed E-state index contributed by atoms with van der Waals surface area (Å²) in [7, 11) is 1.33. The summed E-state index contributed by atoms with van der Waals surface area (Å²) in [6.45, 7) is 2.22. The molecule has 0 aliphatic heterocycles. The van der Waals surface area contributed by atoms with Gasteiger partial charge in [0.25, 0.3) is 0 Å². The molecule has 0 bridgehead atoms. The predicted molar refractivity (Wildman–Crippen MR) is 90.6 cm³/mol. The van der Waals surface area contributed by atoms with Gasteiger partial charge in [-0.2, -0.15) is 0 Å². The van der Waals surface area contributed by atoms with Crippen molar-refractivity contribution in [3.05, 3.63) is 29.8 Å². The van der Waals surface area contributed by atoms with Gasteiger partial charge < -0.3 is 9.47 Å². The van der Waals surface area contributed by atoms with Crippen LogP contribution in [0.4, 0.5) is 0 Å². The first-order valence-electron chi connectivity index (χ1n) is 8.56. The fraction of sp³-hybridized carbons (Fsp3) is 0.579. The van der Waals surface area contributed by atoms with Crippen molar-refractivity contribution in [2.24, 2.45) is 0 Å². The lowest BCUT2D eigenvalue weighted by Gasteiger charge is -2.05. The highest BCUT2D eigenvalue weighted by molar-refractivity contribution is 5.89. The van der Waals surface area contributed by atoms with Crippen LogP contribution in [0, 0.1) is 0 Å². The van der Waals surface area contributed by atoms with Crippen LogP contribution in [0.1, 0.15) is 75.1 Å². The van der Waals surface area contributed by atoms with Crippen LogP contribution in [0.5, 0.6) is 5.75 Å². The van der Waals surface area contributed by atoms with E-state index in [1.54, 1.807) is 24.3 Å². The van der Waals surface area contributed by atoms with Crippen LogP contribution in [0.3, 0.4) is 0 Å². The Kier molecular flexibility index (Phi) is 9.76. The Morgan fingerprint density at radius 3 is 2.00 bits per heavy atom. The van der Waals surface area contributed by atoms with Gasteiger partial charge in [0.15, 0.2) is 0 Å². The summed E-state index contributed by atoms with van der Waals surface area (Å²) < 4.78 is 9.87. The van der Waals surface area contributed by atoms with Crippen LogP contribution in [-0.2, 0) is 9.53 Å². The van der Waals surface area contributed by atoms with Crippen molar-refractivity contribution in [2.45, 2.75) is 64.7 Å². The second-order valence-corrected chi connectivity index (χ2v) is 5.71. The van der Waals surface area contributed by atoms with E-state index >= 15 is 0 Å². The van der Waals surface area contributed by atoms with Gasteiger partial charge in [0.2, 0.25) is 0 Å². The van der Waals surface area contributed by atoms with E-state index in [-0.39, 0.29) is 5.97 Å². The molecule has 0 unspecified atom stereocenters. The number of rotatable bonds is 11. The fourth-order valence-electron chi connectivity index (χ4n) is 2.36. The molecule has 0 radical (unpaired) electrons. The monoisotopic (exact) mass is 320 g/mol. The maximum atomic E-state index is 11.7. The maximum Gasteiger partial charge on any atom is 0.337 e. The lowest BCUT2D eigenvalue weighted by molar-refractivity contribution is -0.134. The number of carbonyl (C=O) groups is 2. The van der Waals surface area contributed by atoms with E-state index in [4.69, 9.17) is 4.74 Å². The van der Waals surface area contributed by atoms with Crippen LogP contribution in [-0.4, -0.2) is 19.0 Å². The average Bonchev–Trinajstić information content (AvgIpc) is 2.57. The van der Waals surface area contributed by atoms with E-state index in [9.17, 15) is 9.59 Å². The standard InChI is InChI=1S/C19H28O4/c1-3-4-5-6-7-8-9-10-11-18(20)23-17-14-12-16(13-15-17)19(21)22-2/h12-15H,3-11H2,1-2H3. The molecule has 0 N–H and O–H groups in total. The number of unbranched alkanes of at least 4 members (excludes halogenated alkanes) is 7. The predicted octanol–water partition coefficient (Wildman–Crippen LogP) is 4.91. The van der Waals surface area contributed by atoms with Gasteiger partial charge in [-0.25, -0.2) is 4.79 Å². The Morgan fingerprint density at radius 1 is 0.870 bits per heavy atom. The molecular weight excluding hydrogens is 292 g/mol. The molecule has 0 spiro atoms. The summed E-state index contributed by atoms with van der Waals surface area (Å²) in [6, 6.07) is 6.39. The first-order chi connectivity index (χ1) is 11.2. The third kappa shape index (κ3) is 8.38. The smallest absolute Gasteiger partial charge is 0.337 e. The van der Waals surface area contributed by atoms with E-state index in [1.165, 1.54) is 45.6 Å².